The smallest absolute Gasteiger partial charge is 0.186 e. The monoisotopic (exact) mass is 266 g/mol. The van der Waals surface area contributed by atoms with E-state index < -0.39 is 0 Å². The van der Waals surface area contributed by atoms with Gasteiger partial charge in [0.15, 0.2) is 5.13 Å². The zero-order valence-electron chi connectivity index (χ0n) is 11.1. The average molecular weight is 266 g/mol. The van der Waals surface area contributed by atoms with Gasteiger partial charge in [-0.1, -0.05) is 24.7 Å². The summed E-state index contributed by atoms with van der Waals surface area (Å²) in [5.74, 6) is 0.904. The van der Waals surface area contributed by atoms with Gasteiger partial charge in [-0.3, -0.25) is 0 Å². The first-order chi connectivity index (χ1) is 8.81. The van der Waals surface area contributed by atoms with Crippen LogP contribution in [-0.2, 0) is 13.0 Å². The maximum Gasteiger partial charge on any atom is 0.186 e. The van der Waals surface area contributed by atoms with E-state index in [1.54, 1.807) is 11.3 Å². The van der Waals surface area contributed by atoms with Crippen molar-refractivity contribution in [1.82, 2.24) is 4.98 Å². The lowest BCUT2D eigenvalue weighted by atomic mass is 10.2. The van der Waals surface area contributed by atoms with Gasteiger partial charge in [-0.05, 0) is 38.0 Å². The molecule has 2 aliphatic carbocycles. The molecule has 3 rings (SSSR count). The van der Waals surface area contributed by atoms with Crippen LogP contribution in [0.25, 0.3) is 0 Å². The summed E-state index contributed by atoms with van der Waals surface area (Å²) in [6.45, 7) is 3.51. The van der Waals surface area contributed by atoms with Crippen molar-refractivity contribution in [3.05, 3.63) is 10.6 Å². The largest absolute Gasteiger partial charge is 0.391 e. The Balaban J connectivity index is 1.78. The highest BCUT2D eigenvalue weighted by atomic mass is 32.1. The summed E-state index contributed by atoms with van der Waals surface area (Å²) in [6, 6.07) is 0.734. The van der Waals surface area contributed by atoms with E-state index in [1.807, 2.05) is 0 Å². The van der Waals surface area contributed by atoms with Crippen molar-refractivity contribution in [2.45, 2.75) is 58.1 Å². The van der Waals surface area contributed by atoms with Crippen LogP contribution in [0.3, 0.4) is 0 Å². The van der Waals surface area contributed by atoms with Crippen LogP contribution >= 0.6 is 11.3 Å². The van der Waals surface area contributed by atoms with Gasteiger partial charge in [-0.15, -0.1) is 0 Å². The van der Waals surface area contributed by atoms with Gasteiger partial charge >= 0.3 is 0 Å². The fourth-order valence-corrected chi connectivity index (χ4v) is 3.44. The molecule has 3 nitrogen and oxygen atoms in total. The van der Waals surface area contributed by atoms with Crippen LogP contribution in [0.4, 0.5) is 5.13 Å². The number of aromatic nitrogens is 1. The molecule has 1 aromatic rings. The Labute approximate surface area is 113 Å². The second kappa shape index (κ2) is 5.17. The second-order valence-electron chi connectivity index (χ2n) is 5.60. The van der Waals surface area contributed by atoms with Gasteiger partial charge in [-0.2, -0.15) is 0 Å². The predicted octanol–water partition coefficient (Wildman–Crippen LogP) is 2.97. The molecule has 2 fully saturated rings. The number of hydrogen-bond acceptors (Lipinski definition) is 4. The number of anilines is 1. The van der Waals surface area contributed by atoms with E-state index >= 15 is 0 Å². The van der Waals surface area contributed by atoms with Crippen molar-refractivity contribution >= 4 is 16.5 Å². The second-order valence-corrected chi connectivity index (χ2v) is 6.66. The number of thiazole rings is 1. The SMILES string of the molecule is CCCc1nc(N(CC2CC2)C2CC2)sc1CO. The topological polar surface area (TPSA) is 36.4 Å². The molecule has 1 aromatic heterocycles. The molecule has 2 saturated carbocycles. The first-order valence-corrected chi connectivity index (χ1v) is 7.99. The van der Waals surface area contributed by atoms with E-state index in [4.69, 9.17) is 4.98 Å². The summed E-state index contributed by atoms with van der Waals surface area (Å²) >= 11 is 1.71. The molecule has 0 unspecified atom stereocenters. The minimum Gasteiger partial charge on any atom is -0.391 e. The van der Waals surface area contributed by atoms with Gasteiger partial charge in [0.1, 0.15) is 0 Å². The lowest BCUT2D eigenvalue weighted by molar-refractivity contribution is 0.284. The van der Waals surface area contributed by atoms with Crippen molar-refractivity contribution in [2.24, 2.45) is 5.92 Å². The molecule has 0 amide bonds. The van der Waals surface area contributed by atoms with E-state index in [0.717, 1.165) is 40.5 Å². The average Bonchev–Trinajstić information content (AvgIpc) is 3.25. The quantitative estimate of drug-likeness (QED) is 0.824. The molecule has 0 aromatic carbocycles. The molecular formula is C14H22N2OS. The van der Waals surface area contributed by atoms with Crippen LogP contribution in [-0.4, -0.2) is 22.7 Å². The highest BCUT2D eigenvalue weighted by Gasteiger charge is 2.35. The van der Waals surface area contributed by atoms with Crippen molar-refractivity contribution < 1.29 is 5.11 Å². The summed E-state index contributed by atoms with van der Waals surface area (Å²) in [6.07, 6.45) is 7.52. The Kier molecular flexibility index (Phi) is 3.57. The van der Waals surface area contributed by atoms with E-state index in [9.17, 15) is 5.11 Å². The number of rotatable bonds is 7. The van der Waals surface area contributed by atoms with Crippen LogP contribution in [0.15, 0.2) is 0 Å². The molecule has 0 radical (unpaired) electrons. The van der Waals surface area contributed by atoms with E-state index in [1.165, 1.54) is 32.2 Å². The Hall–Kier alpha value is -0.610. The Morgan fingerprint density at radius 3 is 2.67 bits per heavy atom. The van der Waals surface area contributed by atoms with E-state index in [-0.39, 0.29) is 6.61 Å². The Morgan fingerprint density at radius 2 is 2.11 bits per heavy atom. The molecule has 0 bridgehead atoms. The summed E-state index contributed by atoms with van der Waals surface area (Å²) in [7, 11) is 0. The maximum absolute atomic E-state index is 9.44. The number of nitrogens with zero attached hydrogens (tertiary/aromatic N) is 2. The Bertz CT molecular complexity index is 410. The van der Waals surface area contributed by atoms with E-state index in [2.05, 4.69) is 11.8 Å². The van der Waals surface area contributed by atoms with Crippen molar-refractivity contribution in [1.29, 1.82) is 0 Å². The minimum absolute atomic E-state index is 0.148. The van der Waals surface area contributed by atoms with Gasteiger partial charge in [0.25, 0.3) is 0 Å². The maximum atomic E-state index is 9.44. The van der Waals surface area contributed by atoms with Crippen LogP contribution in [0.2, 0.25) is 0 Å². The van der Waals surface area contributed by atoms with Gasteiger partial charge in [-0.25, -0.2) is 4.98 Å². The number of aliphatic hydroxyl groups excluding tert-OH is 1. The molecule has 18 heavy (non-hydrogen) atoms. The molecule has 0 aliphatic heterocycles. The molecule has 2 aliphatic rings. The van der Waals surface area contributed by atoms with Crippen LogP contribution in [0.1, 0.15) is 49.6 Å². The van der Waals surface area contributed by atoms with Crippen LogP contribution in [0, 0.1) is 5.92 Å². The molecule has 1 heterocycles. The number of aliphatic hydroxyl groups is 1. The fraction of sp³-hybridized carbons (Fsp3) is 0.786. The molecule has 4 heteroatoms. The molecule has 100 valence electrons. The summed E-state index contributed by atoms with van der Waals surface area (Å²) in [4.78, 5) is 8.39. The predicted molar refractivity (Wildman–Crippen MR) is 75.1 cm³/mol. The molecule has 1 N–H and O–H groups in total. The fourth-order valence-electron chi connectivity index (χ4n) is 2.40. The zero-order chi connectivity index (χ0) is 12.5. The summed E-state index contributed by atoms with van der Waals surface area (Å²) in [5, 5.41) is 10.6. The highest BCUT2D eigenvalue weighted by molar-refractivity contribution is 7.15. The molecule has 0 saturated heterocycles. The standard InChI is InChI=1S/C14H22N2OS/c1-2-3-12-13(9-17)18-14(15-12)16(11-6-7-11)8-10-4-5-10/h10-11,17H,2-9H2,1H3. The zero-order valence-corrected chi connectivity index (χ0v) is 11.9. The lowest BCUT2D eigenvalue weighted by Crippen LogP contribution is -2.27. The number of hydrogen-bond donors (Lipinski definition) is 1. The third kappa shape index (κ3) is 2.69. The van der Waals surface area contributed by atoms with Crippen LogP contribution < -0.4 is 4.90 Å². The first kappa shape index (κ1) is 12.4. The van der Waals surface area contributed by atoms with Gasteiger partial charge < -0.3 is 10.0 Å². The first-order valence-electron chi connectivity index (χ1n) is 7.18. The van der Waals surface area contributed by atoms with Gasteiger partial charge in [0, 0.05) is 12.6 Å². The molecule has 0 spiro atoms. The number of aryl methyl sites for hydroxylation is 1. The lowest BCUT2D eigenvalue weighted by Gasteiger charge is -2.21. The van der Waals surface area contributed by atoms with Crippen molar-refractivity contribution in [2.75, 3.05) is 11.4 Å². The highest BCUT2D eigenvalue weighted by Crippen LogP contribution is 2.39. The normalized spacial score (nSPS) is 19.2. The van der Waals surface area contributed by atoms with E-state index in [0.29, 0.717) is 0 Å². The summed E-state index contributed by atoms with van der Waals surface area (Å²) in [5.41, 5.74) is 1.13. The molecule has 0 atom stereocenters. The Morgan fingerprint density at radius 1 is 1.33 bits per heavy atom. The van der Waals surface area contributed by atoms with Crippen molar-refractivity contribution in [3.8, 4) is 0 Å². The van der Waals surface area contributed by atoms with Gasteiger partial charge in [0.05, 0.1) is 17.2 Å². The third-order valence-electron chi connectivity index (χ3n) is 3.78. The minimum atomic E-state index is 0.148. The molecular weight excluding hydrogens is 244 g/mol. The van der Waals surface area contributed by atoms with Crippen LogP contribution in [0.5, 0.6) is 0 Å². The van der Waals surface area contributed by atoms with Gasteiger partial charge in [0.2, 0.25) is 0 Å². The summed E-state index contributed by atoms with van der Waals surface area (Å²) < 4.78 is 0. The third-order valence-corrected chi connectivity index (χ3v) is 4.90. The van der Waals surface area contributed by atoms with Crippen molar-refractivity contribution in [3.63, 3.8) is 0 Å².